The van der Waals surface area contributed by atoms with E-state index in [9.17, 15) is 0 Å². The molecule has 0 unspecified atom stereocenters. The number of methoxy groups -OCH3 is 1. The number of nitrogens with one attached hydrogen (secondary N) is 1. The molecule has 3 nitrogen and oxygen atoms in total. The van der Waals surface area contributed by atoms with Gasteiger partial charge < -0.3 is 14.5 Å². The van der Waals surface area contributed by atoms with Crippen LogP contribution in [0.15, 0.2) is 45.5 Å². The number of halogens is 1. The molecule has 0 aliphatic rings. The van der Waals surface area contributed by atoms with Gasteiger partial charge in [-0.05, 0) is 45.8 Å². The van der Waals surface area contributed by atoms with E-state index in [1.807, 2.05) is 18.2 Å². The Hall–Kier alpha value is -1.26. The molecule has 96 valence electrons. The van der Waals surface area contributed by atoms with E-state index in [4.69, 9.17) is 9.15 Å². The molecule has 18 heavy (non-hydrogen) atoms. The summed E-state index contributed by atoms with van der Waals surface area (Å²) in [4.78, 5) is 0. The van der Waals surface area contributed by atoms with E-state index in [0.29, 0.717) is 0 Å². The number of hydrogen-bond donors (Lipinski definition) is 1. The number of benzene rings is 1. The topological polar surface area (TPSA) is 34.4 Å². The first-order valence-electron chi connectivity index (χ1n) is 5.85. The summed E-state index contributed by atoms with van der Waals surface area (Å²) < 4.78 is 11.4. The lowest BCUT2D eigenvalue weighted by molar-refractivity contribution is 0.412. The molecule has 1 N–H and O–H groups in total. The molecule has 0 bridgehead atoms. The third-order valence-electron chi connectivity index (χ3n) is 2.67. The lowest BCUT2D eigenvalue weighted by Crippen LogP contribution is -2.16. The van der Waals surface area contributed by atoms with Gasteiger partial charge in [-0.15, -0.1) is 0 Å². The summed E-state index contributed by atoms with van der Waals surface area (Å²) >= 11 is 3.48. The van der Waals surface area contributed by atoms with Crippen LogP contribution in [0.2, 0.25) is 0 Å². The average molecular weight is 310 g/mol. The first-order chi connectivity index (χ1) is 8.79. The maximum absolute atomic E-state index is 5.27. The molecule has 0 aliphatic carbocycles. The molecule has 1 aromatic heterocycles. The third-order valence-corrected chi connectivity index (χ3v) is 3.29. The minimum absolute atomic E-state index is 0.837. The highest BCUT2D eigenvalue weighted by molar-refractivity contribution is 9.10. The van der Waals surface area contributed by atoms with Gasteiger partial charge >= 0.3 is 0 Å². The summed E-state index contributed by atoms with van der Waals surface area (Å²) in [5, 5.41) is 3.38. The predicted octanol–water partition coefficient (Wildman–Crippen LogP) is 3.38. The molecule has 1 aromatic carbocycles. The minimum Gasteiger partial charge on any atom is -0.496 e. The van der Waals surface area contributed by atoms with Crippen molar-refractivity contribution in [2.75, 3.05) is 13.7 Å². The first kappa shape index (κ1) is 13.2. The smallest absolute Gasteiger partial charge is 0.133 e. The molecule has 0 spiro atoms. The highest BCUT2D eigenvalue weighted by Gasteiger charge is 2.01. The van der Waals surface area contributed by atoms with Gasteiger partial charge in [0.1, 0.15) is 11.5 Å². The van der Waals surface area contributed by atoms with Gasteiger partial charge in [-0.3, -0.25) is 0 Å². The molecule has 0 aliphatic heterocycles. The van der Waals surface area contributed by atoms with Crippen molar-refractivity contribution in [1.82, 2.24) is 5.32 Å². The minimum atomic E-state index is 0.837. The van der Waals surface area contributed by atoms with Gasteiger partial charge in [0.05, 0.1) is 17.8 Å². The molecule has 0 amide bonds. The second-order valence-electron chi connectivity index (χ2n) is 3.98. The second kappa shape index (κ2) is 6.61. The first-order valence-corrected chi connectivity index (χ1v) is 6.64. The molecule has 0 saturated heterocycles. The summed E-state index contributed by atoms with van der Waals surface area (Å²) in [6.45, 7) is 1.74. The van der Waals surface area contributed by atoms with E-state index in [2.05, 4.69) is 33.4 Å². The normalized spacial score (nSPS) is 10.6. The second-order valence-corrected chi connectivity index (χ2v) is 4.83. The Balaban J connectivity index is 1.78. The third kappa shape index (κ3) is 3.62. The Morgan fingerprint density at radius 3 is 2.89 bits per heavy atom. The SMILES string of the molecule is COc1ccc(CNCCc2ccco2)cc1Br. The summed E-state index contributed by atoms with van der Waals surface area (Å²) in [7, 11) is 1.67. The van der Waals surface area contributed by atoms with Crippen LogP contribution in [0.3, 0.4) is 0 Å². The van der Waals surface area contributed by atoms with Crippen LogP contribution >= 0.6 is 15.9 Å². The number of furan rings is 1. The lowest BCUT2D eigenvalue weighted by atomic mass is 10.2. The summed E-state index contributed by atoms with van der Waals surface area (Å²) in [6.07, 6.45) is 2.61. The Labute approximate surface area is 115 Å². The zero-order valence-electron chi connectivity index (χ0n) is 10.3. The maximum Gasteiger partial charge on any atom is 0.133 e. The molecular weight excluding hydrogens is 294 g/mol. The van der Waals surface area contributed by atoms with Crippen LogP contribution in [0.1, 0.15) is 11.3 Å². The zero-order valence-corrected chi connectivity index (χ0v) is 11.9. The lowest BCUT2D eigenvalue weighted by Gasteiger charge is -2.07. The van der Waals surface area contributed by atoms with Crippen molar-refractivity contribution in [3.05, 3.63) is 52.4 Å². The van der Waals surface area contributed by atoms with Crippen LogP contribution in [-0.4, -0.2) is 13.7 Å². The van der Waals surface area contributed by atoms with E-state index in [0.717, 1.165) is 35.5 Å². The van der Waals surface area contributed by atoms with Gasteiger partial charge in [-0.25, -0.2) is 0 Å². The van der Waals surface area contributed by atoms with Gasteiger partial charge in [-0.1, -0.05) is 6.07 Å². The van der Waals surface area contributed by atoms with Crippen LogP contribution in [-0.2, 0) is 13.0 Å². The fraction of sp³-hybridized carbons (Fsp3) is 0.286. The van der Waals surface area contributed by atoms with E-state index < -0.39 is 0 Å². The Morgan fingerprint density at radius 2 is 2.22 bits per heavy atom. The van der Waals surface area contributed by atoms with Crippen LogP contribution < -0.4 is 10.1 Å². The number of hydrogen-bond acceptors (Lipinski definition) is 3. The highest BCUT2D eigenvalue weighted by Crippen LogP contribution is 2.25. The fourth-order valence-electron chi connectivity index (χ4n) is 1.72. The van der Waals surface area contributed by atoms with E-state index in [1.165, 1.54) is 5.56 Å². The molecule has 2 aromatic rings. The van der Waals surface area contributed by atoms with Crippen molar-refractivity contribution in [1.29, 1.82) is 0 Å². The summed E-state index contributed by atoms with van der Waals surface area (Å²) in [6, 6.07) is 10.00. The van der Waals surface area contributed by atoms with Crippen LogP contribution in [0, 0.1) is 0 Å². The molecule has 0 fully saturated rings. The highest BCUT2D eigenvalue weighted by atomic mass is 79.9. The number of ether oxygens (including phenoxy) is 1. The van der Waals surface area contributed by atoms with Gasteiger partial charge in [0, 0.05) is 19.5 Å². The van der Waals surface area contributed by atoms with Gasteiger partial charge in [0.2, 0.25) is 0 Å². The van der Waals surface area contributed by atoms with Crippen molar-refractivity contribution in [2.45, 2.75) is 13.0 Å². The van der Waals surface area contributed by atoms with Crippen molar-refractivity contribution < 1.29 is 9.15 Å². The van der Waals surface area contributed by atoms with Crippen LogP contribution in [0.4, 0.5) is 0 Å². The summed E-state index contributed by atoms with van der Waals surface area (Å²) in [5.41, 5.74) is 1.22. The van der Waals surface area contributed by atoms with E-state index in [1.54, 1.807) is 13.4 Å². The van der Waals surface area contributed by atoms with E-state index in [-0.39, 0.29) is 0 Å². The molecule has 4 heteroatoms. The quantitative estimate of drug-likeness (QED) is 0.831. The van der Waals surface area contributed by atoms with Crippen molar-refractivity contribution in [3.63, 3.8) is 0 Å². The standard InChI is InChI=1S/C14H16BrNO2/c1-17-14-5-4-11(9-13(14)15)10-16-7-6-12-3-2-8-18-12/h2-5,8-9,16H,6-7,10H2,1H3. The van der Waals surface area contributed by atoms with Crippen molar-refractivity contribution in [3.8, 4) is 5.75 Å². The van der Waals surface area contributed by atoms with Crippen molar-refractivity contribution in [2.24, 2.45) is 0 Å². The Bertz CT molecular complexity index is 483. The van der Waals surface area contributed by atoms with Crippen LogP contribution in [0.5, 0.6) is 5.75 Å². The zero-order chi connectivity index (χ0) is 12.8. The molecular formula is C14H16BrNO2. The van der Waals surface area contributed by atoms with Gasteiger partial charge in [0.25, 0.3) is 0 Å². The predicted molar refractivity (Wildman–Crippen MR) is 74.8 cm³/mol. The van der Waals surface area contributed by atoms with E-state index >= 15 is 0 Å². The summed E-state index contributed by atoms with van der Waals surface area (Å²) in [5.74, 6) is 1.87. The number of rotatable bonds is 6. The fourth-order valence-corrected chi connectivity index (χ4v) is 2.31. The molecule has 2 rings (SSSR count). The Kier molecular flexibility index (Phi) is 4.84. The largest absolute Gasteiger partial charge is 0.496 e. The molecule has 1 heterocycles. The molecule has 0 radical (unpaired) electrons. The Morgan fingerprint density at radius 1 is 1.33 bits per heavy atom. The average Bonchev–Trinajstić information content (AvgIpc) is 2.88. The maximum atomic E-state index is 5.27. The monoisotopic (exact) mass is 309 g/mol. The molecule has 0 saturated carbocycles. The van der Waals surface area contributed by atoms with Crippen LogP contribution in [0.25, 0.3) is 0 Å². The van der Waals surface area contributed by atoms with Crippen molar-refractivity contribution >= 4 is 15.9 Å². The molecule has 0 atom stereocenters. The van der Waals surface area contributed by atoms with Gasteiger partial charge in [-0.2, -0.15) is 0 Å². The van der Waals surface area contributed by atoms with Gasteiger partial charge in [0.15, 0.2) is 0 Å².